The van der Waals surface area contributed by atoms with Crippen molar-refractivity contribution < 1.29 is 4.79 Å². The largest absolute Gasteiger partial charge is 0.356 e. The smallest absolute Gasteiger partial charge is 0.224 e. The van der Waals surface area contributed by atoms with Gasteiger partial charge in [0.1, 0.15) is 0 Å². The molecule has 2 atom stereocenters. The summed E-state index contributed by atoms with van der Waals surface area (Å²) in [5.74, 6) is 1.32. The van der Waals surface area contributed by atoms with Gasteiger partial charge in [0.2, 0.25) is 5.91 Å². The Morgan fingerprint density at radius 3 is 2.67 bits per heavy atom. The third kappa shape index (κ3) is 3.98. The van der Waals surface area contributed by atoms with Crippen molar-refractivity contribution in [2.45, 2.75) is 64.3 Å². The summed E-state index contributed by atoms with van der Waals surface area (Å²) >= 11 is 0. The van der Waals surface area contributed by atoms with E-state index in [1.54, 1.807) is 0 Å². The Balaban J connectivity index is 1.64. The van der Waals surface area contributed by atoms with Crippen LogP contribution in [0, 0.1) is 11.8 Å². The summed E-state index contributed by atoms with van der Waals surface area (Å²) < 4.78 is 0. The van der Waals surface area contributed by atoms with Crippen LogP contribution in [0.4, 0.5) is 0 Å². The minimum atomic E-state index is 0.185. The molecule has 0 bridgehead atoms. The minimum absolute atomic E-state index is 0.185. The molecule has 2 unspecified atom stereocenters. The fourth-order valence-electron chi connectivity index (χ4n) is 3.41. The molecule has 1 saturated carbocycles. The molecule has 0 spiro atoms. The number of hydrogen-bond acceptors (Lipinski definition) is 2. The van der Waals surface area contributed by atoms with Gasteiger partial charge in [-0.05, 0) is 38.6 Å². The standard InChI is InChI=1S/C15H28N2O/c1-12-14(8-5-10-16-12)15(18)17-11-9-13-6-3-2-4-7-13/h12-14,16H,2-11H2,1H3,(H,17,18). The van der Waals surface area contributed by atoms with Gasteiger partial charge in [0, 0.05) is 12.6 Å². The summed E-state index contributed by atoms with van der Waals surface area (Å²) in [7, 11) is 0. The molecule has 1 heterocycles. The molecule has 2 fully saturated rings. The molecule has 2 rings (SSSR count). The van der Waals surface area contributed by atoms with E-state index in [4.69, 9.17) is 0 Å². The SMILES string of the molecule is CC1NCCCC1C(=O)NCCC1CCCCC1. The van der Waals surface area contributed by atoms with Gasteiger partial charge in [0.05, 0.1) is 5.92 Å². The maximum Gasteiger partial charge on any atom is 0.224 e. The van der Waals surface area contributed by atoms with Crippen molar-refractivity contribution in [2.24, 2.45) is 11.8 Å². The highest BCUT2D eigenvalue weighted by atomic mass is 16.1. The Morgan fingerprint density at radius 2 is 1.94 bits per heavy atom. The van der Waals surface area contributed by atoms with Crippen LogP contribution < -0.4 is 10.6 Å². The number of carbonyl (C=O) groups excluding carboxylic acids is 1. The van der Waals surface area contributed by atoms with Gasteiger partial charge >= 0.3 is 0 Å². The van der Waals surface area contributed by atoms with Crippen molar-refractivity contribution in [1.29, 1.82) is 0 Å². The molecule has 0 radical (unpaired) electrons. The normalized spacial score (nSPS) is 30.1. The quantitative estimate of drug-likeness (QED) is 0.807. The van der Waals surface area contributed by atoms with Gasteiger partial charge in [0.25, 0.3) is 0 Å². The lowest BCUT2D eigenvalue weighted by molar-refractivity contribution is -0.126. The zero-order valence-electron chi connectivity index (χ0n) is 11.7. The van der Waals surface area contributed by atoms with Crippen molar-refractivity contribution in [2.75, 3.05) is 13.1 Å². The van der Waals surface area contributed by atoms with Gasteiger partial charge in [-0.2, -0.15) is 0 Å². The molecule has 3 heteroatoms. The average molecular weight is 252 g/mol. The van der Waals surface area contributed by atoms with Gasteiger partial charge in [0.15, 0.2) is 0 Å². The molecule has 18 heavy (non-hydrogen) atoms. The van der Waals surface area contributed by atoms with Crippen LogP contribution in [0.25, 0.3) is 0 Å². The highest BCUT2D eigenvalue weighted by molar-refractivity contribution is 5.79. The fourth-order valence-corrected chi connectivity index (χ4v) is 3.41. The second kappa shape index (κ2) is 7.13. The highest BCUT2D eigenvalue weighted by Crippen LogP contribution is 2.25. The lowest BCUT2D eigenvalue weighted by Gasteiger charge is -2.29. The van der Waals surface area contributed by atoms with E-state index in [-0.39, 0.29) is 11.8 Å². The van der Waals surface area contributed by atoms with E-state index < -0.39 is 0 Å². The number of piperidine rings is 1. The molecule has 0 aromatic carbocycles. The molecule has 1 aliphatic heterocycles. The maximum absolute atomic E-state index is 12.1. The lowest BCUT2D eigenvalue weighted by Crippen LogP contribution is -2.47. The monoisotopic (exact) mass is 252 g/mol. The predicted octanol–water partition coefficient (Wildman–Crippen LogP) is 2.46. The average Bonchev–Trinajstić information content (AvgIpc) is 2.40. The van der Waals surface area contributed by atoms with Gasteiger partial charge in [-0.25, -0.2) is 0 Å². The van der Waals surface area contributed by atoms with E-state index in [2.05, 4.69) is 17.6 Å². The predicted molar refractivity (Wildman–Crippen MR) is 74.4 cm³/mol. The van der Waals surface area contributed by atoms with Gasteiger partial charge in [-0.3, -0.25) is 4.79 Å². The summed E-state index contributed by atoms with van der Waals surface area (Å²) in [5, 5.41) is 6.54. The number of hydrogen-bond donors (Lipinski definition) is 2. The summed E-state index contributed by atoms with van der Waals surface area (Å²) in [6, 6.07) is 0.341. The summed E-state index contributed by atoms with van der Waals surface area (Å²) in [6.45, 7) is 4.07. The maximum atomic E-state index is 12.1. The zero-order valence-corrected chi connectivity index (χ0v) is 11.7. The van der Waals surface area contributed by atoms with Gasteiger partial charge in [-0.1, -0.05) is 32.1 Å². The Hall–Kier alpha value is -0.570. The van der Waals surface area contributed by atoms with Crippen LogP contribution >= 0.6 is 0 Å². The number of amides is 1. The van der Waals surface area contributed by atoms with Crippen LogP contribution in [0.1, 0.15) is 58.3 Å². The molecule has 0 aromatic heterocycles. The molecule has 2 N–H and O–H groups in total. The first-order valence-electron chi connectivity index (χ1n) is 7.78. The van der Waals surface area contributed by atoms with Crippen LogP contribution in [0.2, 0.25) is 0 Å². The number of nitrogens with one attached hydrogen (secondary N) is 2. The van der Waals surface area contributed by atoms with E-state index >= 15 is 0 Å². The van der Waals surface area contributed by atoms with Crippen molar-refractivity contribution in [3.8, 4) is 0 Å². The number of rotatable bonds is 4. The molecular weight excluding hydrogens is 224 g/mol. The molecule has 1 amide bonds. The third-order valence-electron chi connectivity index (χ3n) is 4.68. The summed E-state index contributed by atoms with van der Waals surface area (Å²) in [5.41, 5.74) is 0. The molecular formula is C15H28N2O. The fraction of sp³-hybridized carbons (Fsp3) is 0.933. The van der Waals surface area contributed by atoms with E-state index in [9.17, 15) is 4.79 Å². The van der Waals surface area contributed by atoms with Gasteiger partial charge in [-0.15, -0.1) is 0 Å². The Bertz CT molecular complexity index is 261. The van der Waals surface area contributed by atoms with Crippen LogP contribution in [0.15, 0.2) is 0 Å². The lowest BCUT2D eigenvalue weighted by atomic mass is 9.87. The van der Waals surface area contributed by atoms with Crippen molar-refractivity contribution >= 4 is 5.91 Å². The number of carbonyl (C=O) groups is 1. The van der Waals surface area contributed by atoms with E-state index in [0.29, 0.717) is 6.04 Å². The van der Waals surface area contributed by atoms with Crippen LogP contribution in [-0.4, -0.2) is 25.0 Å². The first-order valence-corrected chi connectivity index (χ1v) is 7.78. The topological polar surface area (TPSA) is 41.1 Å². The second-order valence-electron chi connectivity index (χ2n) is 6.08. The second-order valence-corrected chi connectivity index (χ2v) is 6.08. The molecule has 1 aliphatic carbocycles. The molecule has 104 valence electrons. The van der Waals surface area contributed by atoms with Crippen LogP contribution in [0.3, 0.4) is 0 Å². The van der Waals surface area contributed by atoms with Crippen molar-refractivity contribution in [3.63, 3.8) is 0 Å². The van der Waals surface area contributed by atoms with Crippen LogP contribution in [-0.2, 0) is 4.79 Å². The van der Waals surface area contributed by atoms with E-state index in [1.165, 1.54) is 38.5 Å². The zero-order chi connectivity index (χ0) is 12.8. The van der Waals surface area contributed by atoms with Crippen molar-refractivity contribution in [1.82, 2.24) is 10.6 Å². The Kier molecular flexibility index (Phi) is 5.48. The first kappa shape index (κ1) is 13.9. The van der Waals surface area contributed by atoms with E-state index in [1.807, 2.05) is 0 Å². The molecule has 2 aliphatic rings. The molecule has 1 saturated heterocycles. The van der Waals surface area contributed by atoms with E-state index in [0.717, 1.165) is 31.8 Å². The first-order chi connectivity index (χ1) is 8.77. The van der Waals surface area contributed by atoms with Gasteiger partial charge < -0.3 is 10.6 Å². The summed E-state index contributed by atoms with van der Waals surface area (Å²) in [6.07, 6.45) is 10.3. The highest BCUT2D eigenvalue weighted by Gasteiger charge is 2.27. The third-order valence-corrected chi connectivity index (χ3v) is 4.68. The molecule has 3 nitrogen and oxygen atoms in total. The Labute approximate surface area is 111 Å². The Morgan fingerprint density at radius 1 is 1.17 bits per heavy atom. The minimum Gasteiger partial charge on any atom is -0.356 e. The van der Waals surface area contributed by atoms with Crippen molar-refractivity contribution in [3.05, 3.63) is 0 Å². The molecule has 0 aromatic rings. The van der Waals surface area contributed by atoms with Crippen LogP contribution in [0.5, 0.6) is 0 Å². The summed E-state index contributed by atoms with van der Waals surface area (Å²) in [4.78, 5) is 12.1.